The summed E-state index contributed by atoms with van der Waals surface area (Å²) in [6, 6.07) is 0. The Bertz CT molecular complexity index is 212. The van der Waals surface area contributed by atoms with Crippen LogP contribution in [-0.2, 0) is 17.7 Å². The van der Waals surface area contributed by atoms with Gasteiger partial charge in [-0.3, -0.25) is 0 Å². The molecule has 0 radical (unpaired) electrons. The summed E-state index contributed by atoms with van der Waals surface area (Å²) >= 11 is 0. The van der Waals surface area contributed by atoms with Gasteiger partial charge in [0.1, 0.15) is 5.82 Å². The second kappa shape index (κ2) is 5.72. The molecule has 1 aromatic heterocycles. The molecule has 1 rings (SSSR count). The number of imidazole rings is 1. The van der Waals surface area contributed by atoms with Gasteiger partial charge in [0.05, 0.1) is 6.61 Å². The highest BCUT2D eigenvalue weighted by atomic mass is 16.5. The average Bonchev–Trinajstić information content (AvgIpc) is 2.59. The number of aromatic nitrogens is 2. The second-order valence-electron chi connectivity index (χ2n) is 2.88. The largest absolute Gasteiger partial charge is 0.384 e. The van der Waals surface area contributed by atoms with E-state index in [1.807, 2.05) is 19.4 Å². The van der Waals surface area contributed by atoms with Crippen LogP contribution in [0.3, 0.4) is 0 Å². The van der Waals surface area contributed by atoms with Gasteiger partial charge in [0.25, 0.3) is 0 Å². The Morgan fingerprint density at radius 2 is 2.46 bits per heavy atom. The monoisotopic (exact) mass is 183 g/mol. The van der Waals surface area contributed by atoms with Crippen molar-refractivity contribution < 1.29 is 4.74 Å². The number of hydrogen-bond acceptors (Lipinski definition) is 3. The summed E-state index contributed by atoms with van der Waals surface area (Å²) in [5, 5.41) is 3.11. The minimum atomic E-state index is 0.733. The van der Waals surface area contributed by atoms with E-state index in [1.54, 1.807) is 7.11 Å². The molecule has 0 aliphatic heterocycles. The minimum Gasteiger partial charge on any atom is -0.384 e. The van der Waals surface area contributed by atoms with Gasteiger partial charge in [-0.05, 0) is 7.05 Å². The van der Waals surface area contributed by atoms with Crippen molar-refractivity contribution in [3.05, 3.63) is 18.2 Å². The lowest BCUT2D eigenvalue weighted by Gasteiger charge is -2.06. The van der Waals surface area contributed by atoms with Gasteiger partial charge in [-0.25, -0.2) is 4.98 Å². The Hall–Kier alpha value is -0.870. The third-order valence-electron chi connectivity index (χ3n) is 1.93. The zero-order valence-electron chi connectivity index (χ0n) is 8.29. The molecule has 0 atom stereocenters. The molecule has 13 heavy (non-hydrogen) atoms. The van der Waals surface area contributed by atoms with Crippen LogP contribution in [0.2, 0.25) is 0 Å². The molecule has 0 spiro atoms. The first-order valence-corrected chi connectivity index (χ1v) is 4.52. The van der Waals surface area contributed by atoms with Gasteiger partial charge in [0, 0.05) is 39.0 Å². The van der Waals surface area contributed by atoms with E-state index in [1.165, 1.54) is 0 Å². The summed E-state index contributed by atoms with van der Waals surface area (Å²) < 4.78 is 7.15. The van der Waals surface area contributed by atoms with E-state index in [2.05, 4.69) is 14.9 Å². The zero-order valence-corrected chi connectivity index (χ0v) is 8.29. The molecule has 0 saturated heterocycles. The Morgan fingerprint density at radius 3 is 3.15 bits per heavy atom. The van der Waals surface area contributed by atoms with Crippen molar-refractivity contribution in [3.63, 3.8) is 0 Å². The first-order valence-electron chi connectivity index (χ1n) is 4.52. The highest BCUT2D eigenvalue weighted by molar-refractivity contribution is 4.92. The highest BCUT2D eigenvalue weighted by Gasteiger charge is 2.00. The Morgan fingerprint density at radius 1 is 1.62 bits per heavy atom. The molecule has 0 amide bonds. The van der Waals surface area contributed by atoms with E-state index in [9.17, 15) is 0 Å². The van der Waals surface area contributed by atoms with Gasteiger partial charge >= 0.3 is 0 Å². The molecule has 74 valence electrons. The van der Waals surface area contributed by atoms with Gasteiger partial charge in [-0.2, -0.15) is 0 Å². The third kappa shape index (κ3) is 3.16. The van der Waals surface area contributed by atoms with E-state index in [0.29, 0.717) is 0 Å². The van der Waals surface area contributed by atoms with Gasteiger partial charge in [0.15, 0.2) is 0 Å². The molecule has 0 aliphatic rings. The quantitative estimate of drug-likeness (QED) is 0.689. The van der Waals surface area contributed by atoms with Crippen LogP contribution in [0.5, 0.6) is 0 Å². The SMILES string of the molecule is CNCCn1ccnc1CCOC. The summed E-state index contributed by atoms with van der Waals surface area (Å²) in [5.41, 5.74) is 0. The lowest BCUT2D eigenvalue weighted by atomic mass is 10.4. The first-order chi connectivity index (χ1) is 6.38. The van der Waals surface area contributed by atoms with Gasteiger partial charge in [-0.1, -0.05) is 0 Å². The molecule has 0 saturated carbocycles. The van der Waals surface area contributed by atoms with Crippen molar-refractivity contribution in [2.75, 3.05) is 27.3 Å². The van der Waals surface area contributed by atoms with Crippen molar-refractivity contribution in [1.29, 1.82) is 0 Å². The molecule has 0 fully saturated rings. The fourth-order valence-electron chi connectivity index (χ4n) is 1.20. The molecule has 1 heterocycles. The standard InChI is InChI=1S/C9H17N3O/c1-10-4-6-12-7-5-11-9(12)3-8-13-2/h5,7,10H,3-4,6,8H2,1-2H3. The van der Waals surface area contributed by atoms with E-state index in [4.69, 9.17) is 4.74 Å². The highest BCUT2D eigenvalue weighted by Crippen LogP contribution is 1.98. The van der Waals surface area contributed by atoms with Crippen molar-refractivity contribution in [3.8, 4) is 0 Å². The predicted octanol–water partition coefficient (Wildman–Crippen LogP) is 0.291. The Balaban J connectivity index is 2.45. The van der Waals surface area contributed by atoms with Gasteiger partial charge < -0.3 is 14.6 Å². The van der Waals surface area contributed by atoms with E-state index in [0.717, 1.165) is 31.9 Å². The smallest absolute Gasteiger partial charge is 0.110 e. The molecule has 4 heteroatoms. The second-order valence-corrected chi connectivity index (χ2v) is 2.88. The maximum Gasteiger partial charge on any atom is 0.110 e. The van der Waals surface area contributed by atoms with E-state index >= 15 is 0 Å². The number of rotatable bonds is 6. The molecular formula is C9H17N3O. The van der Waals surface area contributed by atoms with Crippen LogP contribution >= 0.6 is 0 Å². The lowest BCUT2D eigenvalue weighted by molar-refractivity contribution is 0.199. The van der Waals surface area contributed by atoms with Crippen LogP contribution in [-0.4, -0.2) is 36.9 Å². The number of nitrogens with one attached hydrogen (secondary N) is 1. The molecular weight excluding hydrogens is 166 g/mol. The zero-order chi connectivity index (χ0) is 9.52. The van der Waals surface area contributed by atoms with Crippen LogP contribution in [0, 0.1) is 0 Å². The van der Waals surface area contributed by atoms with Crippen molar-refractivity contribution in [1.82, 2.24) is 14.9 Å². The van der Waals surface area contributed by atoms with Crippen LogP contribution in [0.1, 0.15) is 5.82 Å². The normalized spacial score (nSPS) is 10.6. The minimum absolute atomic E-state index is 0.733. The molecule has 0 aliphatic carbocycles. The molecule has 0 bridgehead atoms. The number of methoxy groups -OCH3 is 1. The van der Waals surface area contributed by atoms with Gasteiger partial charge in [0.2, 0.25) is 0 Å². The average molecular weight is 183 g/mol. The summed E-state index contributed by atoms with van der Waals surface area (Å²) in [6.45, 7) is 2.67. The summed E-state index contributed by atoms with van der Waals surface area (Å²) in [4.78, 5) is 4.26. The number of nitrogens with zero attached hydrogens (tertiary/aromatic N) is 2. The molecule has 1 N–H and O–H groups in total. The number of ether oxygens (including phenoxy) is 1. The summed E-state index contributed by atoms with van der Waals surface area (Å²) in [6.07, 6.45) is 4.72. The fourth-order valence-corrected chi connectivity index (χ4v) is 1.20. The maximum absolute atomic E-state index is 5.01. The van der Waals surface area contributed by atoms with E-state index in [-0.39, 0.29) is 0 Å². The predicted molar refractivity (Wildman–Crippen MR) is 51.7 cm³/mol. The van der Waals surface area contributed by atoms with Crippen LogP contribution in [0.4, 0.5) is 0 Å². The Kier molecular flexibility index (Phi) is 4.49. The fraction of sp³-hybridized carbons (Fsp3) is 0.667. The van der Waals surface area contributed by atoms with Crippen LogP contribution in [0.25, 0.3) is 0 Å². The first kappa shape index (κ1) is 10.2. The Labute approximate surface area is 78.9 Å². The van der Waals surface area contributed by atoms with Crippen molar-refractivity contribution in [2.24, 2.45) is 0 Å². The topological polar surface area (TPSA) is 39.1 Å². The number of hydrogen-bond donors (Lipinski definition) is 1. The van der Waals surface area contributed by atoms with Crippen LogP contribution in [0.15, 0.2) is 12.4 Å². The van der Waals surface area contributed by atoms with Crippen molar-refractivity contribution in [2.45, 2.75) is 13.0 Å². The third-order valence-corrected chi connectivity index (χ3v) is 1.93. The summed E-state index contributed by atoms with van der Waals surface area (Å²) in [5.74, 6) is 1.09. The number of likely N-dealkylation sites (N-methyl/N-ethyl adjacent to an activating group) is 1. The molecule has 1 aromatic rings. The molecule has 0 aromatic carbocycles. The molecule has 4 nitrogen and oxygen atoms in total. The van der Waals surface area contributed by atoms with Gasteiger partial charge in [-0.15, -0.1) is 0 Å². The molecule has 0 unspecified atom stereocenters. The maximum atomic E-state index is 5.01. The summed E-state index contributed by atoms with van der Waals surface area (Å²) in [7, 11) is 3.66. The van der Waals surface area contributed by atoms with Crippen LogP contribution < -0.4 is 5.32 Å². The lowest BCUT2D eigenvalue weighted by Crippen LogP contribution is -2.16. The van der Waals surface area contributed by atoms with Crippen molar-refractivity contribution >= 4 is 0 Å². The van der Waals surface area contributed by atoms with E-state index < -0.39 is 0 Å².